The van der Waals surface area contributed by atoms with Gasteiger partial charge in [0.1, 0.15) is 6.04 Å². The Labute approximate surface area is 133 Å². The molecule has 1 aliphatic rings. The summed E-state index contributed by atoms with van der Waals surface area (Å²) in [7, 11) is 0. The van der Waals surface area contributed by atoms with Crippen molar-refractivity contribution in [2.45, 2.75) is 45.7 Å². The lowest BCUT2D eigenvalue weighted by Crippen LogP contribution is -2.41. The number of rotatable bonds is 5. The summed E-state index contributed by atoms with van der Waals surface area (Å²) in [5.41, 5.74) is 0.773. The number of nitrogens with one attached hydrogen (secondary N) is 1. The number of benzene rings is 1. The quantitative estimate of drug-likeness (QED) is 0.917. The van der Waals surface area contributed by atoms with Crippen molar-refractivity contribution in [3.05, 3.63) is 30.1 Å². The van der Waals surface area contributed by atoms with Crippen LogP contribution in [0.4, 0.5) is 8.78 Å². The van der Waals surface area contributed by atoms with E-state index in [1.807, 2.05) is 20.8 Å². The first-order valence-corrected chi connectivity index (χ1v) is 8.00. The van der Waals surface area contributed by atoms with Gasteiger partial charge in [0, 0.05) is 18.2 Å². The summed E-state index contributed by atoms with van der Waals surface area (Å²) < 4.78 is 28.6. The molecule has 1 aliphatic carbocycles. The number of amides is 1. The Morgan fingerprint density at radius 3 is 2.52 bits per heavy atom. The van der Waals surface area contributed by atoms with Gasteiger partial charge in [-0.3, -0.25) is 4.79 Å². The molecule has 2 atom stereocenters. The Kier molecular flexibility index (Phi) is 4.08. The van der Waals surface area contributed by atoms with Gasteiger partial charge in [0.25, 0.3) is 0 Å². The van der Waals surface area contributed by atoms with E-state index < -0.39 is 17.7 Å². The molecule has 4 nitrogen and oxygen atoms in total. The van der Waals surface area contributed by atoms with E-state index in [1.165, 1.54) is 6.33 Å². The van der Waals surface area contributed by atoms with E-state index in [9.17, 15) is 13.6 Å². The molecule has 0 saturated heterocycles. The third kappa shape index (κ3) is 3.07. The molecule has 2 aromatic rings. The fraction of sp³-hybridized carbons (Fsp3) is 0.529. The van der Waals surface area contributed by atoms with E-state index in [-0.39, 0.29) is 17.9 Å². The third-order valence-electron chi connectivity index (χ3n) is 4.52. The summed E-state index contributed by atoms with van der Waals surface area (Å²) in [4.78, 5) is 16.8. The Balaban J connectivity index is 1.94. The lowest BCUT2D eigenvalue weighted by atomic mass is 10.0. The number of halogens is 2. The second-order valence-corrected chi connectivity index (χ2v) is 6.73. The van der Waals surface area contributed by atoms with E-state index in [0.29, 0.717) is 17.0 Å². The molecule has 3 rings (SSSR count). The van der Waals surface area contributed by atoms with Crippen molar-refractivity contribution in [1.82, 2.24) is 14.9 Å². The van der Waals surface area contributed by atoms with Crippen molar-refractivity contribution in [2.75, 3.05) is 0 Å². The molecule has 1 amide bonds. The zero-order valence-electron chi connectivity index (χ0n) is 13.5. The highest BCUT2D eigenvalue weighted by Crippen LogP contribution is 2.33. The molecule has 1 aromatic heterocycles. The number of carbonyl (C=O) groups excluding carboxylic acids is 1. The molecule has 0 spiro atoms. The van der Waals surface area contributed by atoms with Gasteiger partial charge in [-0.2, -0.15) is 0 Å². The van der Waals surface area contributed by atoms with Crippen molar-refractivity contribution in [1.29, 1.82) is 0 Å². The molecule has 0 aliphatic heterocycles. The lowest BCUT2D eigenvalue weighted by Gasteiger charge is -2.24. The highest BCUT2D eigenvalue weighted by atomic mass is 19.2. The van der Waals surface area contributed by atoms with Crippen LogP contribution in [-0.4, -0.2) is 21.5 Å². The number of imidazole rings is 1. The van der Waals surface area contributed by atoms with Crippen LogP contribution in [0.15, 0.2) is 18.5 Å². The molecule has 1 N–H and O–H groups in total. The maximum Gasteiger partial charge on any atom is 0.243 e. The van der Waals surface area contributed by atoms with E-state index in [4.69, 9.17) is 0 Å². The van der Waals surface area contributed by atoms with Crippen molar-refractivity contribution in [2.24, 2.45) is 11.8 Å². The van der Waals surface area contributed by atoms with E-state index in [2.05, 4.69) is 10.3 Å². The van der Waals surface area contributed by atoms with Gasteiger partial charge in [-0.05, 0) is 31.6 Å². The number of hydrogen-bond acceptors (Lipinski definition) is 2. The monoisotopic (exact) mass is 321 g/mol. The molecule has 23 heavy (non-hydrogen) atoms. The lowest BCUT2D eigenvalue weighted by molar-refractivity contribution is -0.126. The normalized spacial score (nSPS) is 17.5. The predicted octanol–water partition coefficient (Wildman–Crippen LogP) is 3.43. The maximum absolute atomic E-state index is 13.6. The summed E-state index contributed by atoms with van der Waals surface area (Å²) in [6.07, 6.45) is 3.77. The van der Waals surface area contributed by atoms with Gasteiger partial charge < -0.3 is 9.88 Å². The molecule has 124 valence electrons. The zero-order valence-corrected chi connectivity index (χ0v) is 13.5. The van der Waals surface area contributed by atoms with Crippen LogP contribution < -0.4 is 5.32 Å². The zero-order chi connectivity index (χ0) is 16.7. The molecule has 0 bridgehead atoms. The highest BCUT2D eigenvalue weighted by Gasteiger charge is 2.32. The van der Waals surface area contributed by atoms with E-state index >= 15 is 0 Å². The Bertz CT molecular complexity index is 737. The molecule has 6 heteroatoms. The summed E-state index contributed by atoms with van der Waals surface area (Å²) >= 11 is 0. The Hall–Kier alpha value is -1.98. The van der Waals surface area contributed by atoms with Crippen LogP contribution >= 0.6 is 0 Å². The smallest absolute Gasteiger partial charge is 0.243 e. The molecular formula is C17H21F2N3O. The van der Waals surface area contributed by atoms with Gasteiger partial charge in [-0.1, -0.05) is 13.8 Å². The van der Waals surface area contributed by atoms with Gasteiger partial charge in [-0.15, -0.1) is 0 Å². The maximum atomic E-state index is 13.6. The van der Waals surface area contributed by atoms with Gasteiger partial charge in [0.15, 0.2) is 11.6 Å². The number of carbonyl (C=O) groups is 1. The molecule has 1 saturated carbocycles. The fourth-order valence-electron chi connectivity index (χ4n) is 3.02. The van der Waals surface area contributed by atoms with Gasteiger partial charge in [-0.25, -0.2) is 13.8 Å². The van der Waals surface area contributed by atoms with Crippen LogP contribution in [0.1, 0.15) is 39.7 Å². The van der Waals surface area contributed by atoms with Crippen molar-refractivity contribution in [3.8, 4) is 0 Å². The third-order valence-corrected chi connectivity index (χ3v) is 4.52. The second-order valence-electron chi connectivity index (χ2n) is 6.73. The van der Waals surface area contributed by atoms with Crippen molar-refractivity contribution in [3.63, 3.8) is 0 Å². The number of nitrogens with zero attached hydrogens (tertiary/aromatic N) is 2. The minimum atomic E-state index is -0.937. The van der Waals surface area contributed by atoms with Gasteiger partial charge in [0.2, 0.25) is 5.91 Å². The Morgan fingerprint density at radius 1 is 1.26 bits per heavy atom. The Morgan fingerprint density at radius 2 is 1.91 bits per heavy atom. The molecule has 0 unspecified atom stereocenters. The van der Waals surface area contributed by atoms with Crippen LogP contribution in [0, 0.1) is 23.5 Å². The SMILES string of the molecule is CC(C)[C@@H](C(=O)N[C@H](C)C1CC1)n1cnc2cc(F)c(F)cc21. The molecular weight excluding hydrogens is 300 g/mol. The minimum absolute atomic E-state index is 0.00748. The number of fused-ring (bicyclic) bond motifs is 1. The van der Waals surface area contributed by atoms with Crippen LogP contribution in [0.3, 0.4) is 0 Å². The molecule has 1 fully saturated rings. The van der Waals surface area contributed by atoms with Gasteiger partial charge in [0.05, 0.1) is 17.4 Å². The van der Waals surface area contributed by atoms with E-state index in [1.54, 1.807) is 4.57 Å². The van der Waals surface area contributed by atoms with Crippen LogP contribution in [0.5, 0.6) is 0 Å². The first-order chi connectivity index (χ1) is 10.9. The molecule has 1 aromatic carbocycles. The van der Waals surface area contributed by atoms with Crippen LogP contribution in [0.25, 0.3) is 11.0 Å². The average molecular weight is 321 g/mol. The topological polar surface area (TPSA) is 46.9 Å². The standard InChI is InChI=1S/C17H21F2N3O/c1-9(2)16(17(23)21-10(3)11-4-5-11)22-8-20-14-6-12(18)13(19)7-15(14)22/h6-11,16H,4-5H2,1-3H3,(H,21,23)/t10-,16+/m1/s1. The molecule has 0 radical (unpaired) electrons. The largest absolute Gasteiger partial charge is 0.352 e. The first-order valence-electron chi connectivity index (χ1n) is 8.00. The fourth-order valence-corrected chi connectivity index (χ4v) is 3.02. The number of hydrogen-bond donors (Lipinski definition) is 1. The second kappa shape index (κ2) is 5.91. The van der Waals surface area contributed by atoms with Crippen LogP contribution in [0.2, 0.25) is 0 Å². The van der Waals surface area contributed by atoms with E-state index in [0.717, 1.165) is 25.0 Å². The highest BCUT2D eigenvalue weighted by molar-refractivity contribution is 5.84. The van der Waals surface area contributed by atoms with Gasteiger partial charge >= 0.3 is 0 Å². The summed E-state index contributed by atoms with van der Waals surface area (Å²) in [5, 5.41) is 3.05. The van der Waals surface area contributed by atoms with Crippen LogP contribution in [-0.2, 0) is 4.79 Å². The predicted molar refractivity (Wildman–Crippen MR) is 83.9 cm³/mol. The summed E-state index contributed by atoms with van der Waals surface area (Å²) in [6, 6.07) is 1.78. The minimum Gasteiger partial charge on any atom is -0.352 e. The summed E-state index contributed by atoms with van der Waals surface area (Å²) in [5.74, 6) is -1.43. The summed E-state index contributed by atoms with van der Waals surface area (Å²) in [6.45, 7) is 5.86. The van der Waals surface area contributed by atoms with Crippen molar-refractivity contribution >= 4 is 16.9 Å². The molecule has 1 heterocycles. The van der Waals surface area contributed by atoms with Crippen molar-refractivity contribution < 1.29 is 13.6 Å². The average Bonchev–Trinajstić information content (AvgIpc) is 3.25. The number of aromatic nitrogens is 2. The first kappa shape index (κ1) is 15.9.